The molecule has 0 aliphatic heterocycles. The third-order valence-electron chi connectivity index (χ3n) is 10.4. The Morgan fingerprint density at radius 2 is 0.852 bits per heavy atom. The van der Waals surface area contributed by atoms with Gasteiger partial charge in [-0.25, -0.2) is 0 Å². The number of fused-ring (bicyclic) bond motifs is 3. The van der Waals surface area contributed by atoms with Crippen molar-refractivity contribution in [2.45, 2.75) is 0 Å². The molecule has 2 nitrogen and oxygen atoms in total. The summed E-state index contributed by atoms with van der Waals surface area (Å²) >= 11 is 0. The predicted molar refractivity (Wildman–Crippen MR) is 228 cm³/mol. The molecule has 0 bridgehead atoms. The summed E-state index contributed by atoms with van der Waals surface area (Å²) in [7, 11) is 0. The average Bonchev–Trinajstić information content (AvgIpc) is 3.69. The average molecular weight is 690 g/mol. The van der Waals surface area contributed by atoms with Gasteiger partial charge in [-0.15, -0.1) is 0 Å². The molecule has 1 aromatic heterocycles. The van der Waals surface area contributed by atoms with Gasteiger partial charge in [-0.1, -0.05) is 152 Å². The van der Waals surface area contributed by atoms with Crippen molar-refractivity contribution in [3.05, 3.63) is 212 Å². The van der Waals surface area contributed by atoms with Crippen LogP contribution in [0, 0.1) is 0 Å². The zero-order chi connectivity index (χ0) is 35.8. The molecule has 0 saturated carbocycles. The summed E-state index contributed by atoms with van der Waals surface area (Å²) in [5.41, 5.74) is 12.4. The van der Waals surface area contributed by atoms with Gasteiger partial charge in [-0.3, -0.25) is 0 Å². The minimum Gasteiger partial charge on any atom is -0.456 e. The van der Waals surface area contributed by atoms with E-state index in [-0.39, 0.29) is 0 Å². The van der Waals surface area contributed by atoms with Crippen molar-refractivity contribution >= 4 is 49.6 Å². The number of para-hydroxylation sites is 2. The smallest absolute Gasteiger partial charge is 0.135 e. The van der Waals surface area contributed by atoms with Gasteiger partial charge in [0.05, 0.1) is 5.69 Å². The van der Waals surface area contributed by atoms with E-state index in [1.54, 1.807) is 0 Å². The first kappa shape index (κ1) is 31.6. The Bertz CT molecular complexity index is 2910. The van der Waals surface area contributed by atoms with Crippen molar-refractivity contribution < 1.29 is 4.42 Å². The predicted octanol–water partition coefficient (Wildman–Crippen LogP) is 14.9. The van der Waals surface area contributed by atoms with Crippen molar-refractivity contribution in [1.29, 1.82) is 0 Å². The van der Waals surface area contributed by atoms with Crippen molar-refractivity contribution in [3.63, 3.8) is 0 Å². The molecule has 0 atom stereocenters. The lowest BCUT2D eigenvalue weighted by Crippen LogP contribution is -2.11. The number of nitrogens with zero attached hydrogens (tertiary/aromatic N) is 1. The molecule has 0 unspecified atom stereocenters. The van der Waals surface area contributed by atoms with Crippen LogP contribution in [0.4, 0.5) is 17.1 Å². The van der Waals surface area contributed by atoms with Gasteiger partial charge in [-0.05, 0) is 110 Å². The first-order valence-electron chi connectivity index (χ1n) is 18.4. The minimum absolute atomic E-state index is 0.879. The lowest BCUT2D eigenvalue weighted by Gasteiger charge is -2.28. The largest absolute Gasteiger partial charge is 0.456 e. The summed E-state index contributed by atoms with van der Waals surface area (Å²) in [6.45, 7) is 0. The maximum Gasteiger partial charge on any atom is 0.135 e. The molecular formula is C52H35NO. The molecule has 1 heterocycles. The standard InChI is InChI=1S/C52H35NO/c1-2-12-38(13-3-1)49-18-7-8-19-50(49)53(47-28-25-37(26-29-47)41-22-21-36-11-4-5-14-39(36)31-41)48-30-27-43-32-42(23-24-44(43)34-48)40-16-10-17-45(33-40)52-35-46-15-6-9-20-51(46)54-52/h1-35H. The highest BCUT2D eigenvalue weighted by Crippen LogP contribution is 2.42. The van der Waals surface area contributed by atoms with E-state index in [1.165, 1.54) is 49.4 Å². The van der Waals surface area contributed by atoms with E-state index in [4.69, 9.17) is 4.42 Å². The molecule has 0 saturated heterocycles. The van der Waals surface area contributed by atoms with E-state index in [0.29, 0.717) is 0 Å². The van der Waals surface area contributed by atoms with Gasteiger partial charge in [0.25, 0.3) is 0 Å². The van der Waals surface area contributed by atoms with E-state index in [1.807, 2.05) is 18.2 Å². The lowest BCUT2D eigenvalue weighted by molar-refractivity contribution is 0.631. The summed E-state index contributed by atoms with van der Waals surface area (Å²) in [4.78, 5) is 2.39. The highest BCUT2D eigenvalue weighted by molar-refractivity contribution is 5.95. The second-order valence-corrected chi connectivity index (χ2v) is 13.8. The fraction of sp³-hybridized carbons (Fsp3) is 0. The summed E-state index contributed by atoms with van der Waals surface area (Å²) < 4.78 is 6.20. The maximum absolute atomic E-state index is 6.20. The molecule has 0 amide bonds. The normalized spacial score (nSPS) is 11.3. The molecule has 2 heteroatoms. The van der Waals surface area contributed by atoms with Crippen LogP contribution < -0.4 is 4.90 Å². The topological polar surface area (TPSA) is 16.4 Å². The van der Waals surface area contributed by atoms with Crippen LogP contribution in [0.1, 0.15) is 0 Å². The molecule has 0 radical (unpaired) electrons. The molecule has 0 N–H and O–H groups in total. The molecule has 54 heavy (non-hydrogen) atoms. The second-order valence-electron chi connectivity index (χ2n) is 13.8. The van der Waals surface area contributed by atoms with Gasteiger partial charge >= 0.3 is 0 Å². The van der Waals surface area contributed by atoms with Gasteiger partial charge in [0.15, 0.2) is 0 Å². The van der Waals surface area contributed by atoms with Crippen molar-refractivity contribution in [2.24, 2.45) is 0 Å². The van der Waals surface area contributed by atoms with Crippen LogP contribution in [0.15, 0.2) is 217 Å². The van der Waals surface area contributed by atoms with E-state index >= 15 is 0 Å². The van der Waals surface area contributed by atoms with Crippen LogP contribution in [-0.4, -0.2) is 0 Å². The van der Waals surface area contributed by atoms with Crippen LogP contribution in [-0.2, 0) is 0 Å². The fourth-order valence-electron chi connectivity index (χ4n) is 7.66. The second kappa shape index (κ2) is 13.4. The summed E-state index contributed by atoms with van der Waals surface area (Å²) in [5.74, 6) is 0.879. The van der Waals surface area contributed by atoms with E-state index < -0.39 is 0 Å². The van der Waals surface area contributed by atoms with Gasteiger partial charge in [0.1, 0.15) is 11.3 Å². The van der Waals surface area contributed by atoms with E-state index in [2.05, 4.69) is 199 Å². The lowest BCUT2D eigenvalue weighted by atomic mass is 9.98. The van der Waals surface area contributed by atoms with E-state index in [9.17, 15) is 0 Å². The fourth-order valence-corrected chi connectivity index (χ4v) is 7.66. The molecule has 0 spiro atoms. The molecule has 10 rings (SSSR count). The molecular weight excluding hydrogens is 655 g/mol. The zero-order valence-electron chi connectivity index (χ0n) is 29.6. The molecule has 254 valence electrons. The number of benzene rings is 9. The highest BCUT2D eigenvalue weighted by atomic mass is 16.3. The number of hydrogen-bond donors (Lipinski definition) is 0. The number of hydrogen-bond acceptors (Lipinski definition) is 2. The molecule has 0 aliphatic carbocycles. The van der Waals surface area contributed by atoms with Gasteiger partial charge < -0.3 is 9.32 Å². The Morgan fingerprint density at radius 3 is 1.69 bits per heavy atom. The molecule has 0 aliphatic rings. The van der Waals surface area contributed by atoms with Crippen LogP contribution in [0.3, 0.4) is 0 Å². The first-order chi connectivity index (χ1) is 26.7. The third kappa shape index (κ3) is 5.90. The van der Waals surface area contributed by atoms with Crippen LogP contribution >= 0.6 is 0 Å². The zero-order valence-corrected chi connectivity index (χ0v) is 29.6. The van der Waals surface area contributed by atoms with Crippen LogP contribution in [0.25, 0.3) is 77.2 Å². The van der Waals surface area contributed by atoms with Crippen LogP contribution in [0.2, 0.25) is 0 Å². The Morgan fingerprint density at radius 1 is 0.296 bits per heavy atom. The SMILES string of the molecule is c1ccc(-c2ccccc2N(c2ccc(-c3ccc4ccccc4c3)cc2)c2ccc3cc(-c4cccc(-c5cc6ccccc6o5)c4)ccc3c2)cc1. The van der Waals surface area contributed by atoms with Crippen LogP contribution in [0.5, 0.6) is 0 Å². The van der Waals surface area contributed by atoms with Gasteiger partial charge in [0.2, 0.25) is 0 Å². The van der Waals surface area contributed by atoms with E-state index in [0.717, 1.165) is 44.9 Å². The third-order valence-corrected chi connectivity index (χ3v) is 10.4. The highest BCUT2D eigenvalue weighted by Gasteiger charge is 2.18. The number of rotatable bonds is 7. The number of anilines is 3. The van der Waals surface area contributed by atoms with Crippen molar-refractivity contribution in [2.75, 3.05) is 4.90 Å². The maximum atomic E-state index is 6.20. The quantitative estimate of drug-likeness (QED) is 0.166. The molecule has 0 fully saturated rings. The molecule has 9 aromatic carbocycles. The van der Waals surface area contributed by atoms with Gasteiger partial charge in [0, 0.05) is 27.9 Å². The summed E-state index contributed by atoms with van der Waals surface area (Å²) in [5, 5.41) is 5.98. The van der Waals surface area contributed by atoms with Gasteiger partial charge in [-0.2, -0.15) is 0 Å². The Balaban J connectivity index is 1.04. The number of furan rings is 1. The Hall–Kier alpha value is -7.16. The monoisotopic (exact) mass is 689 g/mol. The summed E-state index contributed by atoms with van der Waals surface area (Å²) in [6.07, 6.45) is 0. The van der Waals surface area contributed by atoms with Crippen molar-refractivity contribution in [1.82, 2.24) is 0 Å². The Labute approximate surface area is 314 Å². The molecule has 10 aromatic rings. The first-order valence-corrected chi connectivity index (χ1v) is 18.4. The summed E-state index contributed by atoms with van der Waals surface area (Å²) in [6, 6.07) is 76.0. The minimum atomic E-state index is 0.879. The van der Waals surface area contributed by atoms with Crippen molar-refractivity contribution in [3.8, 4) is 44.7 Å². The Kier molecular flexibility index (Phi) is 7.85.